The molecule has 1 aliphatic heterocycles. The van der Waals surface area contributed by atoms with Crippen molar-refractivity contribution < 1.29 is 4.74 Å². The molecule has 3 atom stereocenters. The number of alkyl halides is 1. The zero-order chi connectivity index (χ0) is 12.6. The van der Waals surface area contributed by atoms with E-state index in [1.54, 1.807) is 0 Å². The first kappa shape index (κ1) is 13.2. The molecular formula is C16H27ClO. The van der Waals surface area contributed by atoms with Crippen LogP contribution in [0.5, 0.6) is 0 Å². The van der Waals surface area contributed by atoms with Gasteiger partial charge >= 0.3 is 0 Å². The summed E-state index contributed by atoms with van der Waals surface area (Å²) >= 11 is 6.28. The highest BCUT2D eigenvalue weighted by Gasteiger charge is 2.44. The van der Waals surface area contributed by atoms with Crippen LogP contribution in [0, 0.1) is 5.41 Å². The van der Waals surface area contributed by atoms with E-state index in [4.69, 9.17) is 16.3 Å². The second kappa shape index (κ2) is 4.98. The van der Waals surface area contributed by atoms with E-state index in [-0.39, 0.29) is 5.60 Å². The topological polar surface area (TPSA) is 9.23 Å². The van der Waals surface area contributed by atoms with Crippen LogP contribution in [0.15, 0.2) is 0 Å². The molecule has 3 fully saturated rings. The van der Waals surface area contributed by atoms with E-state index < -0.39 is 0 Å². The Balaban J connectivity index is 1.56. The average Bonchev–Trinajstić information content (AvgIpc) is 2.85. The van der Waals surface area contributed by atoms with Gasteiger partial charge in [-0.1, -0.05) is 26.2 Å². The SMILES string of the molecule is CC1(CC2CCC3(CCCCC3)O2)CCC(Cl)C1. The van der Waals surface area contributed by atoms with E-state index >= 15 is 0 Å². The van der Waals surface area contributed by atoms with Gasteiger partial charge in [0, 0.05) is 5.38 Å². The largest absolute Gasteiger partial charge is 0.372 e. The van der Waals surface area contributed by atoms with E-state index in [9.17, 15) is 0 Å². The van der Waals surface area contributed by atoms with E-state index in [2.05, 4.69) is 6.92 Å². The summed E-state index contributed by atoms with van der Waals surface area (Å²) in [4.78, 5) is 0. The van der Waals surface area contributed by atoms with Crippen molar-refractivity contribution in [2.45, 2.75) is 94.6 Å². The predicted octanol–water partition coefficient (Wildman–Crippen LogP) is 5.06. The molecule has 3 aliphatic rings. The molecule has 18 heavy (non-hydrogen) atoms. The Hall–Kier alpha value is 0.250. The van der Waals surface area contributed by atoms with E-state index in [0.717, 1.165) is 0 Å². The van der Waals surface area contributed by atoms with Crippen molar-refractivity contribution in [3.8, 4) is 0 Å². The minimum absolute atomic E-state index is 0.290. The lowest BCUT2D eigenvalue weighted by Crippen LogP contribution is -2.32. The molecular weight excluding hydrogens is 244 g/mol. The lowest BCUT2D eigenvalue weighted by molar-refractivity contribution is -0.0753. The van der Waals surface area contributed by atoms with Crippen molar-refractivity contribution in [1.29, 1.82) is 0 Å². The third kappa shape index (κ3) is 2.72. The van der Waals surface area contributed by atoms with Gasteiger partial charge in [-0.3, -0.25) is 0 Å². The van der Waals surface area contributed by atoms with Gasteiger partial charge in [0.1, 0.15) is 0 Å². The highest BCUT2D eigenvalue weighted by atomic mass is 35.5. The van der Waals surface area contributed by atoms with Crippen LogP contribution in [0.3, 0.4) is 0 Å². The third-order valence-electron chi connectivity index (χ3n) is 5.60. The minimum atomic E-state index is 0.290. The molecule has 3 rings (SSSR count). The smallest absolute Gasteiger partial charge is 0.0687 e. The van der Waals surface area contributed by atoms with Gasteiger partial charge in [-0.25, -0.2) is 0 Å². The summed E-state index contributed by atoms with van der Waals surface area (Å²) in [6, 6.07) is 0. The number of ether oxygens (including phenoxy) is 1. The summed E-state index contributed by atoms with van der Waals surface area (Å²) in [5.74, 6) is 0. The normalized spacial score (nSPS) is 43.7. The fourth-order valence-electron chi connectivity index (χ4n) is 4.58. The average molecular weight is 271 g/mol. The second-order valence-corrected chi connectivity index (χ2v) is 7.99. The van der Waals surface area contributed by atoms with E-state index in [1.165, 1.54) is 70.6 Å². The minimum Gasteiger partial charge on any atom is -0.372 e. The quantitative estimate of drug-likeness (QED) is 0.638. The van der Waals surface area contributed by atoms with Crippen LogP contribution < -0.4 is 0 Å². The van der Waals surface area contributed by atoms with Gasteiger partial charge in [-0.05, 0) is 56.8 Å². The summed E-state index contributed by atoms with van der Waals surface area (Å²) in [6.45, 7) is 2.42. The van der Waals surface area contributed by atoms with Crippen LogP contribution in [0.1, 0.15) is 77.6 Å². The van der Waals surface area contributed by atoms with Crippen LogP contribution in [0.25, 0.3) is 0 Å². The molecule has 0 aromatic heterocycles. The Morgan fingerprint density at radius 3 is 2.50 bits per heavy atom. The molecule has 1 spiro atoms. The molecule has 0 aromatic rings. The second-order valence-electron chi connectivity index (χ2n) is 7.38. The van der Waals surface area contributed by atoms with Crippen molar-refractivity contribution in [3.63, 3.8) is 0 Å². The van der Waals surface area contributed by atoms with Gasteiger partial charge in [0.05, 0.1) is 11.7 Å². The zero-order valence-corrected chi connectivity index (χ0v) is 12.5. The van der Waals surface area contributed by atoms with Gasteiger partial charge in [0.25, 0.3) is 0 Å². The zero-order valence-electron chi connectivity index (χ0n) is 11.7. The molecule has 1 saturated heterocycles. The van der Waals surface area contributed by atoms with E-state index in [0.29, 0.717) is 16.9 Å². The first-order valence-electron chi connectivity index (χ1n) is 7.91. The lowest BCUT2D eigenvalue weighted by atomic mass is 9.81. The Morgan fingerprint density at radius 1 is 1.06 bits per heavy atom. The number of hydrogen-bond donors (Lipinski definition) is 0. The maximum Gasteiger partial charge on any atom is 0.0687 e. The fourth-order valence-corrected chi connectivity index (χ4v) is 5.06. The van der Waals surface area contributed by atoms with Gasteiger partial charge in [-0.15, -0.1) is 11.6 Å². The van der Waals surface area contributed by atoms with Gasteiger partial charge in [0.15, 0.2) is 0 Å². The molecule has 0 bridgehead atoms. The van der Waals surface area contributed by atoms with Gasteiger partial charge in [-0.2, -0.15) is 0 Å². The van der Waals surface area contributed by atoms with Crippen molar-refractivity contribution >= 4 is 11.6 Å². The van der Waals surface area contributed by atoms with Gasteiger partial charge in [0.2, 0.25) is 0 Å². The van der Waals surface area contributed by atoms with Gasteiger partial charge < -0.3 is 4.74 Å². The molecule has 3 unspecified atom stereocenters. The number of hydrogen-bond acceptors (Lipinski definition) is 1. The summed E-state index contributed by atoms with van der Waals surface area (Å²) < 4.78 is 6.51. The maximum absolute atomic E-state index is 6.51. The number of rotatable bonds is 2. The fraction of sp³-hybridized carbons (Fsp3) is 1.00. The Bertz CT molecular complexity index is 297. The summed E-state index contributed by atoms with van der Waals surface area (Å²) in [5.41, 5.74) is 0.746. The maximum atomic E-state index is 6.51. The Labute approximate surface area is 117 Å². The molecule has 2 heteroatoms. The summed E-state index contributed by atoms with van der Waals surface area (Å²) in [7, 11) is 0. The van der Waals surface area contributed by atoms with E-state index in [1.807, 2.05) is 0 Å². The van der Waals surface area contributed by atoms with Crippen molar-refractivity contribution in [2.24, 2.45) is 5.41 Å². The third-order valence-corrected chi connectivity index (χ3v) is 5.97. The lowest BCUT2D eigenvalue weighted by Gasteiger charge is -2.35. The van der Waals surface area contributed by atoms with Crippen LogP contribution in [-0.2, 0) is 4.74 Å². The monoisotopic (exact) mass is 270 g/mol. The predicted molar refractivity (Wildman–Crippen MR) is 76.1 cm³/mol. The molecule has 2 aliphatic carbocycles. The molecule has 104 valence electrons. The Kier molecular flexibility index (Phi) is 3.66. The highest BCUT2D eigenvalue weighted by molar-refractivity contribution is 6.20. The summed E-state index contributed by atoms with van der Waals surface area (Å²) in [6.07, 6.45) is 14.9. The van der Waals surface area contributed by atoms with Crippen molar-refractivity contribution in [1.82, 2.24) is 0 Å². The first-order chi connectivity index (χ1) is 8.59. The van der Waals surface area contributed by atoms with Crippen molar-refractivity contribution in [2.75, 3.05) is 0 Å². The van der Waals surface area contributed by atoms with Crippen LogP contribution in [-0.4, -0.2) is 17.1 Å². The molecule has 0 aromatic carbocycles. The molecule has 1 nitrogen and oxygen atoms in total. The summed E-state index contributed by atoms with van der Waals surface area (Å²) in [5, 5.41) is 0.417. The standard InChI is InChI=1S/C16H27ClO/c1-15(9-5-13(17)11-15)12-14-6-10-16(18-14)7-3-2-4-8-16/h13-14H,2-12H2,1H3. The molecule has 0 N–H and O–H groups in total. The highest BCUT2D eigenvalue weighted by Crippen LogP contribution is 2.49. The van der Waals surface area contributed by atoms with Crippen LogP contribution in [0.4, 0.5) is 0 Å². The molecule has 0 amide bonds. The van der Waals surface area contributed by atoms with Crippen LogP contribution >= 0.6 is 11.6 Å². The molecule has 2 saturated carbocycles. The molecule has 1 heterocycles. The Morgan fingerprint density at radius 2 is 1.83 bits per heavy atom. The first-order valence-corrected chi connectivity index (χ1v) is 8.35. The number of halogens is 1. The molecule has 0 radical (unpaired) electrons. The van der Waals surface area contributed by atoms with Crippen LogP contribution in [0.2, 0.25) is 0 Å². The van der Waals surface area contributed by atoms with Crippen molar-refractivity contribution in [3.05, 3.63) is 0 Å².